The Morgan fingerprint density at radius 1 is 1.22 bits per heavy atom. The molecule has 140 valence electrons. The summed E-state index contributed by atoms with van der Waals surface area (Å²) in [6.45, 7) is 0. The molecule has 1 N–H and O–H groups in total. The van der Waals surface area contributed by atoms with E-state index in [9.17, 15) is 9.59 Å². The normalized spacial score (nSPS) is 34.3. The van der Waals surface area contributed by atoms with Gasteiger partial charge in [0.05, 0.1) is 0 Å². The number of likely N-dealkylation sites (N-methyl/N-ethyl adjacent to an activating group) is 1. The number of rotatable bonds is 2. The molecule has 1 aromatic heterocycles. The zero-order chi connectivity index (χ0) is 18.6. The van der Waals surface area contributed by atoms with Crippen molar-refractivity contribution in [2.24, 2.45) is 0 Å². The molecular weight excluding hydrogens is 348 g/mol. The van der Waals surface area contributed by atoms with Gasteiger partial charge >= 0.3 is 11.9 Å². The van der Waals surface area contributed by atoms with Crippen LogP contribution in [0.25, 0.3) is 10.9 Å². The van der Waals surface area contributed by atoms with Crippen molar-refractivity contribution in [3.8, 4) is 5.75 Å². The predicted octanol–water partition coefficient (Wildman–Crippen LogP) is 2.13. The lowest BCUT2D eigenvalue weighted by atomic mass is 9.93. The van der Waals surface area contributed by atoms with E-state index in [2.05, 4.69) is 4.98 Å². The number of piperidine rings is 1. The van der Waals surface area contributed by atoms with Gasteiger partial charge < -0.3 is 19.2 Å². The zero-order valence-corrected chi connectivity index (χ0v) is 14.9. The van der Waals surface area contributed by atoms with Crippen LogP contribution in [-0.2, 0) is 19.1 Å². The molecule has 0 radical (unpaired) electrons. The Kier molecular flexibility index (Phi) is 3.55. The summed E-state index contributed by atoms with van der Waals surface area (Å²) in [7, 11) is 1.92. The molecule has 0 saturated carbocycles. The number of carbonyl (C=O) groups is 2. The van der Waals surface area contributed by atoms with E-state index in [-0.39, 0.29) is 6.04 Å². The van der Waals surface area contributed by atoms with Crippen molar-refractivity contribution in [2.45, 2.75) is 43.2 Å². The Balaban J connectivity index is 1.51. The number of nitrogens with zero attached hydrogens (tertiary/aromatic N) is 1. The topological polar surface area (TPSA) is 80.9 Å². The van der Waals surface area contributed by atoms with Crippen LogP contribution in [0.15, 0.2) is 42.6 Å². The van der Waals surface area contributed by atoms with E-state index in [1.165, 1.54) is 0 Å². The summed E-state index contributed by atoms with van der Waals surface area (Å²) < 4.78 is 17.8. The minimum Gasteiger partial charge on any atom is -0.486 e. The first-order valence-electron chi connectivity index (χ1n) is 9.13. The number of hydrogen-bond donors (Lipinski definition) is 1. The number of nitrogens with one attached hydrogen (secondary N) is 1. The van der Waals surface area contributed by atoms with Crippen molar-refractivity contribution in [1.29, 1.82) is 0 Å². The summed E-state index contributed by atoms with van der Waals surface area (Å²) in [5.74, 6) is -0.380. The first-order chi connectivity index (χ1) is 13.0. The average Bonchev–Trinajstić information content (AvgIpc) is 3.18. The average molecular weight is 368 g/mol. The van der Waals surface area contributed by atoms with Gasteiger partial charge in [-0.15, -0.1) is 0 Å². The van der Waals surface area contributed by atoms with Crippen LogP contribution >= 0.6 is 0 Å². The number of carbonyl (C=O) groups excluding carboxylic acids is 2. The van der Waals surface area contributed by atoms with Gasteiger partial charge in [-0.25, -0.2) is 9.59 Å². The molecule has 3 aliphatic heterocycles. The molecule has 1 aromatic carbocycles. The first-order valence-corrected chi connectivity index (χ1v) is 9.13. The Morgan fingerprint density at radius 2 is 2.07 bits per heavy atom. The fourth-order valence-electron chi connectivity index (χ4n) is 4.60. The highest BCUT2D eigenvalue weighted by molar-refractivity contribution is 5.92. The highest BCUT2D eigenvalue weighted by Gasteiger charge is 2.62. The van der Waals surface area contributed by atoms with Gasteiger partial charge in [0.2, 0.25) is 5.72 Å². The van der Waals surface area contributed by atoms with E-state index in [0.717, 1.165) is 29.5 Å². The van der Waals surface area contributed by atoms with Gasteiger partial charge in [-0.3, -0.25) is 4.90 Å². The summed E-state index contributed by atoms with van der Waals surface area (Å²) in [6.07, 6.45) is 5.20. The molecule has 4 heterocycles. The second-order valence-corrected chi connectivity index (χ2v) is 7.38. The van der Waals surface area contributed by atoms with Crippen LogP contribution in [0.4, 0.5) is 0 Å². The number of H-pyrrole nitrogens is 1. The third kappa shape index (κ3) is 2.53. The zero-order valence-electron chi connectivity index (χ0n) is 14.9. The van der Waals surface area contributed by atoms with Gasteiger partial charge in [0.1, 0.15) is 11.9 Å². The van der Waals surface area contributed by atoms with E-state index in [4.69, 9.17) is 14.2 Å². The molecule has 27 heavy (non-hydrogen) atoms. The first kappa shape index (κ1) is 16.4. The van der Waals surface area contributed by atoms with E-state index in [1.54, 1.807) is 0 Å². The summed E-state index contributed by atoms with van der Waals surface area (Å²) in [6, 6.07) is 7.98. The van der Waals surface area contributed by atoms with Crippen LogP contribution in [0, 0.1) is 0 Å². The maximum Gasteiger partial charge on any atom is 0.332 e. The lowest BCUT2D eigenvalue weighted by molar-refractivity contribution is -0.239. The van der Waals surface area contributed by atoms with Crippen LogP contribution in [0.2, 0.25) is 0 Å². The molecule has 0 amide bonds. The van der Waals surface area contributed by atoms with Gasteiger partial charge in [0.15, 0.2) is 6.10 Å². The fourth-order valence-corrected chi connectivity index (χ4v) is 4.60. The molecule has 1 spiro atoms. The van der Waals surface area contributed by atoms with E-state index in [0.29, 0.717) is 18.6 Å². The number of ether oxygens (including phenoxy) is 3. The molecule has 4 atom stereocenters. The molecule has 4 unspecified atom stereocenters. The molecular formula is C20H20N2O5. The van der Waals surface area contributed by atoms with Crippen molar-refractivity contribution < 1.29 is 23.8 Å². The minimum absolute atomic E-state index is 0.206. The Labute approximate surface area is 155 Å². The van der Waals surface area contributed by atoms with Crippen molar-refractivity contribution >= 4 is 22.8 Å². The lowest BCUT2D eigenvalue weighted by Gasteiger charge is -2.49. The number of benzene rings is 1. The summed E-state index contributed by atoms with van der Waals surface area (Å²) in [5, 5.41) is 1.04. The second-order valence-electron chi connectivity index (χ2n) is 7.38. The summed E-state index contributed by atoms with van der Waals surface area (Å²) in [5.41, 5.74) is 0.0437. The van der Waals surface area contributed by atoms with Crippen LogP contribution in [0.5, 0.6) is 5.75 Å². The van der Waals surface area contributed by atoms with E-state index >= 15 is 0 Å². The van der Waals surface area contributed by atoms with Crippen LogP contribution in [0.3, 0.4) is 0 Å². The van der Waals surface area contributed by atoms with Gasteiger partial charge in [0.25, 0.3) is 0 Å². The number of aromatic amines is 1. The molecule has 0 aliphatic carbocycles. The van der Waals surface area contributed by atoms with Crippen LogP contribution in [-0.4, -0.2) is 52.8 Å². The SMILES string of the molecule is CN1C2CCC13OC(=O)/C=C/C(=O)OC3C(Oc1ccc3[nH]ccc3c1)C2. The standard InChI is InChI=1S/C20H20N2O5/c1-22-13-6-8-20(22)19(26-17(23)4-5-18(24)27-20)16(11-13)25-14-2-3-15-12(10-14)7-9-21-15/h2-5,7,9-10,13,16,19,21H,6,8,11H2,1H3/b5-4+. The van der Waals surface area contributed by atoms with E-state index < -0.39 is 29.9 Å². The van der Waals surface area contributed by atoms with E-state index in [1.807, 2.05) is 42.4 Å². The van der Waals surface area contributed by atoms with Gasteiger partial charge in [0, 0.05) is 48.1 Å². The highest BCUT2D eigenvalue weighted by atomic mass is 16.6. The Hall–Kier alpha value is -2.80. The maximum atomic E-state index is 12.2. The van der Waals surface area contributed by atoms with Crippen LogP contribution < -0.4 is 4.74 Å². The third-order valence-electron chi connectivity index (χ3n) is 5.96. The van der Waals surface area contributed by atoms with Crippen molar-refractivity contribution in [3.63, 3.8) is 0 Å². The van der Waals surface area contributed by atoms with Gasteiger partial charge in [-0.2, -0.15) is 0 Å². The summed E-state index contributed by atoms with van der Waals surface area (Å²) in [4.78, 5) is 29.5. The van der Waals surface area contributed by atoms with Gasteiger partial charge in [-0.05, 0) is 37.7 Å². The maximum absolute atomic E-state index is 12.2. The monoisotopic (exact) mass is 368 g/mol. The largest absolute Gasteiger partial charge is 0.486 e. The molecule has 5 rings (SSSR count). The quantitative estimate of drug-likeness (QED) is 0.818. The molecule has 7 heteroatoms. The minimum atomic E-state index is -0.983. The number of aromatic nitrogens is 1. The van der Waals surface area contributed by atoms with Gasteiger partial charge in [-0.1, -0.05) is 0 Å². The molecule has 7 nitrogen and oxygen atoms in total. The lowest BCUT2D eigenvalue weighted by Crippen LogP contribution is -2.66. The Morgan fingerprint density at radius 3 is 2.96 bits per heavy atom. The van der Waals surface area contributed by atoms with Crippen molar-refractivity contribution in [3.05, 3.63) is 42.6 Å². The molecule has 2 aromatic rings. The van der Waals surface area contributed by atoms with Crippen molar-refractivity contribution in [2.75, 3.05) is 7.05 Å². The fraction of sp³-hybridized carbons (Fsp3) is 0.400. The third-order valence-corrected chi connectivity index (χ3v) is 5.96. The van der Waals surface area contributed by atoms with Crippen molar-refractivity contribution in [1.82, 2.24) is 9.88 Å². The molecule has 2 fully saturated rings. The summed E-state index contributed by atoms with van der Waals surface area (Å²) >= 11 is 0. The second kappa shape index (κ2) is 5.85. The smallest absolute Gasteiger partial charge is 0.332 e. The highest BCUT2D eigenvalue weighted by Crippen LogP contribution is 2.47. The number of esters is 2. The predicted molar refractivity (Wildman–Crippen MR) is 96.0 cm³/mol. The van der Waals surface area contributed by atoms with Crippen LogP contribution in [0.1, 0.15) is 19.3 Å². The molecule has 2 saturated heterocycles. The Bertz CT molecular complexity index is 951. The molecule has 2 bridgehead atoms. The molecule has 3 aliphatic rings. The number of hydrogen-bond acceptors (Lipinski definition) is 6. The number of fused-ring (bicyclic) bond motifs is 2.